The van der Waals surface area contributed by atoms with E-state index in [4.69, 9.17) is 14.8 Å². The van der Waals surface area contributed by atoms with Crippen molar-refractivity contribution in [2.75, 3.05) is 19.8 Å². The van der Waals surface area contributed by atoms with Crippen molar-refractivity contribution in [3.8, 4) is 0 Å². The molecule has 0 aromatic heterocycles. The first-order chi connectivity index (χ1) is 28.8. The average molecular weight is 853 g/mol. The second-order valence-corrected chi connectivity index (χ2v) is 18.0. The Morgan fingerprint density at radius 1 is 0.593 bits per heavy atom. The van der Waals surface area contributed by atoms with Crippen LogP contribution in [0.4, 0.5) is 0 Å². The maximum Gasteiger partial charge on any atom is 0.472 e. The lowest BCUT2D eigenvalue weighted by atomic mass is 10.0. The number of carbonyl (C=O) groups excluding carboxylic acids is 1. The quantitative estimate of drug-likeness (QED) is 0.0176. The summed E-state index contributed by atoms with van der Waals surface area (Å²) in [7, 11) is -4.41. The highest BCUT2D eigenvalue weighted by Crippen LogP contribution is 2.43. The predicted octanol–water partition coefficient (Wildman–Crippen LogP) is 13.0. The highest BCUT2D eigenvalue weighted by atomic mass is 31.2. The summed E-state index contributed by atoms with van der Waals surface area (Å²) < 4.78 is 22.1. The molecule has 0 aliphatic carbocycles. The number of nitrogens with one attached hydrogen (secondary N) is 1. The summed E-state index contributed by atoms with van der Waals surface area (Å²) in [6.45, 7) is 3.93. The number of aliphatic hydroxyl groups is 2. The summed E-state index contributed by atoms with van der Waals surface area (Å²) in [4.78, 5) is 22.8. The summed E-state index contributed by atoms with van der Waals surface area (Å²) in [6, 6.07) is -1.00. The molecule has 0 aliphatic rings. The number of hydrogen-bond donors (Lipinski definition) is 5. The average Bonchev–Trinajstić information content (AvgIpc) is 3.21. The summed E-state index contributed by atoms with van der Waals surface area (Å²) in [5.41, 5.74) is 5.37. The number of nitrogens with two attached hydrogens (primary N) is 1. The molecule has 346 valence electrons. The lowest BCUT2D eigenvalue weighted by Gasteiger charge is -2.24. The van der Waals surface area contributed by atoms with E-state index in [9.17, 15) is 24.5 Å². The Balaban J connectivity index is 4.30. The van der Waals surface area contributed by atoms with Crippen molar-refractivity contribution in [2.45, 2.75) is 238 Å². The van der Waals surface area contributed by atoms with Gasteiger partial charge in [-0.05, 0) is 57.8 Å². The third kappa shape index (κ3) is 42.9. The molecule has 0 spiro atoms. The normalized spacial score (nSPS) is 14.9. The van der Waals surface area contributed by atoms with Crippen LogP contribution in [-0.2, 0) is 18.4 Å². The van der Waals surface area contributed by atoms with Crippen LogP contribution >= 0.6 is 7.82 Å². The molecule has 0 bridgehead atoms. The zero-order chi connectivity index (χ0) is 43.3. The van der Waals surface area contributed by atoms with Gasteiger partial charge in [-0.25, -0.2) is 4.57 Å². The molecule has 4 unspecified atom stereocenters. The molecule has 0 fully saturated rings. The van der Waals surface area contributed by atoms with E-state index in [1.165, 1.54) is 148 Å². The summed E-state index contributed by atoms with van der Waals surface area (Å²) in [5.74, 6) is -0.460. The Morgan fingerprint density at radius 2 is 1.02 bits per heavy atom. The van der Waals surface area contributed by atoms with E-state index >= 15 is 0 Å². The van der Waals surface area contributed by atoms with Gasteiger partial charge < -0.3 is 26.2 Å². The van der Waals surface area contributed by atoms with E-state index < -0.39 is 38.6 Å². The number of aliphatic hydroxyl groups excluding tert-OH is 2. The molecule has 9 nitrogen and oxygen atoms in total. The molecule has 0 radical (unpaired) electrons. The number of rotatable bonds is 45. The Bertz CT molecular complexity index is 1080. The molecule has 1 amide bonds. The first-order valence-corrected chi connectivity index (χ1v) is 25.9. The first-order valence-electron chi connectivity index (χ1n) is 24.4. The van der Waals surface area contributed by atoms with Crippen LogP contribution in [0.3, 0.4) is 0 Å². The number of hydrogen-bond acceptors (Lipinski definition) is 7. The molecule has 0 aromatic carbocycles. The molecule has 10 heteroatoms. The minimum absolute atomic E-state index is 0.0426. The third-order valence-electron chi connectivity index (χ3n) is 10.7. The third-order valence-corrected chi connectivity index (χ3v) is 11.7. The Labute approximate surface area is 363 Å². The fourth-order valence-electron chi connectivity index (χ4n) is 7.01. The van der Waals surface area contributed by atoms with Gasteiger partial charge in [0.25, 0.3) is 0 Å². The van der Waals surface area contributed by atoms with E-state index in [1.54, 1.807) is 6.08 Å². The van der Waals surface area contributed by atoms with Gasteiger partial charge in [0, 0.05) is 6.54 Å². The van der Waals surface area contributed by atoms with Crippen molar-refractivity contribution < 1.29 is 33.5 Å². The standard InChI is InChI=1S/C49H93N2O7P/c1-3-5-7-9-11-13-15-17-19-21-22-23-25-27-29-31-33-35-37-39-41-48(53)47(45-58-59(55,56)57-43-42-50)51-49(54)44-46(52)40-38-36-34-32-30-28-26-24-20-18-16-14-12-10-8-6-4-2/h12,14,16,18,31,33,39,41,46-48,52-53H,3-11,13,15,17,19-30,32,34-38,40,42-45,50H2,1-2H3,(H,51,54)(H,55,56)/b14-12-,18-16-,33-31+,41-39+. The van der Waals surface area contributed by atoms with Gasteiger partial charge in [0.05, 0.1) is 37.9 Å². The number of unbranched alkanes of at least 4 members (excludes halogenated alkanes) is 26. The molecular formula is C49H93N2O7P. The van der Waals surface area contributed by atoms with Crippen LogP contribution in [-0.4, -0.2) is 59.0 Å². The minimum Gasteiger partial charge on any atom is -0.393 e. The van der Waals surface area contributed by atoms with Crippen LogP contribution in [0.2, 0.25) is 0 Å². The topological polar surface area (TPSA) is 151 Å². The van der Waals surface area contributed by atoms with Crippen molar-refractivity contribution in [2.24, 2.45) is 5.73 Å². The fourth-order valence-corrected chi connectivity index (χ4v) is 7.77. The van der Waals surface area contributed by atoms with Crippen LogP contribution in [0.1, 0.15) is 219 Å². The largest absolute Gasteiger partial charge is 0.472 e. The van der Waals surface area contributed by atoms with Gasteiger partial charge in [-0.2, -0.15) is 0 Å². The smallest absolute Gasteiger partial charge is 0.393 e. The lowest BCUT2D eigenvalue weighted by molar-refractivity contribution is -0.124. The second-order valence-electron chi connectivity index (χ2n) is 16.5. The highest BCUT2D eigenvalue weighted by Gasteiger charge is 2.27. The van der Waals surface area contributed by atoms with Crippen molar-refractivity contribution in [3.63, 3.8) is 0 Å². The van der Waals surface area contributed by atoms with E-state index in [1.807, 2.05) is 6.08 Å². The van der Waals surface area contributed by atoms with Gasteiger partial charge in [-0.3, -0.25) is 13.8 Å². The van der Waals surface area contributed by atoms with Gasteiger partial charge in [0.15, 0.2) is 0 Å². The van der Waals surface area contributed by atoms with Gasteiger partial charge >= 0.3 is 7.82 Å². The highest BCUT2D eigenvalue weighted by molar-refractivity contribution is 7.47. The molecule has 0 rings (SSSR count). The van der Waals surface area contributed by atoms with Crippen molar-refractivity contribution in [3.05, 3.63) is 48.6 Å². The summed E-state index contributed by atoms with van der Waals surface area (Å²) in [5, 5.41) is 24.1. The number of carbonyl (C=O) groups is 1. The summed E-state index contributed by atoms with van der Waals surface area (Å²) >= 11 is 0. The van der Waals surface area contributed by atoms with Crippen LogP contribution in [0.15, 0.2) is 48.6 Å². The van der Waals surface area contributed by atoms with E-state index in [0.29, 0.717) is 12.8 Å². The second kappa shape index (κ2) is 44.5. The zero-order valence-corrected chi connectivity index (χ0v) is 39.0. The maximum atomic E-state index is 12.8. The molecule has 59 heavy (non-hydrogen) atoms. The molecule has 4 atom stereocenters. The molecule has 0 aliphatic heterocycles. The molecule has 0 aromatic rings. The van der Waals surface area contributed by atoms with Crippen molar-refractivity contribution in [1.82, 2.24) is 5.32 Å². The van der Waals surface area contributed by atoms with E-state index in [0.717, 1.165) is 38.5 Å². The van der Waals surface area contributed by atoms with E-state index in [2.05, 4.69) is 55.6 Å². The fraction of sp³-hybridized carbons (Fsp3) is 0.816. The Morgan fingerprint density at radius 3 is 1.54 bits per heavy atom. The zero-order valence-electron chi connectivity index (χ0n) is 38.1. The number of allylic oxidation sites excluding steroid dienone is 7. The van der Waals surface area contributed by atoms with E-state index in [-0.39, 0.29) is 19.6 Å². The number of phosphoric ester groups is 1. The van der Waals surface area contributed by atoms with Crippen LogP contribution in [0.5, 0.6) is 0 Å². The number of amides is 1. The number of phosphoric acid groups is 1. The van der Waals surface area contributed by atoms with Gasteiger partial charge in [-0.15, -0.1) is 0 Å². The maximum absolute atomic E-state index is 12.8. The lowest BCUT2D eigenvalue weighted by Crippen LogP contribution is -2.46. The van der Waals surface area contributed by atoms with Crippen LogP contribution < -0.4 is 11.1 Å². The molecule has 0 heterocycles. The first kappa shape index (κ1) is 57.4. The molecule has 0 saturated heterocycles. The molecule has 6 N–H and O–H groups in total. The van der Waals surface area contributed by atoms with Crippen LogP contribution in [0.25, 0.3) is 0 Å². The van der Waals surface area contributed by atoms with Gasteiger partial charge in [0.2, 0.25) is 5.91 Å². The predicted molar refractivity (Wildman–Crippen MR) is 250 cm³/mol. The van der Waals surface area contributed by atoms with Crippen molar-refractivity contribution >= 4 is 13.7 Å². The molecular weight excluding hydrogens is 760 g/mol. The SMILES string of the molecule is CCCCC/C=C\C=C/CCCCCCCCCCC(O)CC(=O)NC(COP(=O)(O)OCCN)C(O)/C=C/CC/C=C/CCCCCCCCCCCCCCCC. The summed E-state index contributed by atoms with van der Waals surface area (Å²) in [6.07, 6.45) is 52.0. The van der Waals surface area contributed by atoms with Gasteiger partial charge in [0.1, 0.15) is 0 Å². The van der Waals surface area contributed by atoms with Crippen molar-refractivity contribution in [1.29, 1.82) is 0 Å². The monoisotopic (exact) mass is 853 g/mol. The van der Waals surface area contributed by atoms with Crippen LogP contribution in [0, 0.1) is 0 Å². The Hall–Kier alpha value is -1.58. The molecule has 0 saturated carbocycles. The Kier molecular flexibility index (Phi) is 43.3. The van der Waals surface area contributed by atoms with Gasteiger partial charge in [-0.1, -0.05) is 204 Å². The minimum atomic E-state index is -4.41.